The van der Waals surface area contributed by atoms with Crippen LogP contribution in [-0.2, 0) is 6.54 Å². The number of amidine groups is 1. The van der Waals surface area contributed by atoms with E-state index >= 15 is 0 Å². The second kappa shape index (κ2) is 10.3. The minimum Gasteiger partial charge on any atom is -0.494 e. The highest BCUT2D eigenvalue weighted by Gasteiger charge is 2.29. The minimum atomic E-state index is -0.336. The minimum absolute atomic E-state index is 0.0488. The van der Waals surface area contributed by atoms with Gasteiger partial charge < -0.3 is 34.5 Å². The smallest absolute Gasteiger partial charge is 0.291 e. The molecule has 0 saturated carbocycles. The van der Waals surface area contributed by atoms with E-state index in [-0.39, 0.29) is 23.6 Å². The molecular formula is C33H34N6O3. The van der Waals surface area contributed by atoms with Crippen LogP contribution >= 0.6 is 0 Å². The number of nitrogens with zero attached hydrogens (tertiary/aromatic N) is 4. The lowest BCUT2D eigenvalue weighted by atomic mass is 10.0. The summed E-state index contributed by atoms with van der Waals surface area (Å²) in [4.78, 5) is 28.1. The number of amides is 1. The zero-order chi connectivity index (χ0) is 29.0. The van der Waals surface area contributed by atoms with Crippen molar-refractivity contribution in [1.82, 2.24) is 14.8 Å². The average Bonchev–Trinajstić information content (AvgIpc) is 3.57. The number of hydrogen-bond acceptors (Lipinski definition) is 7. The molecule has 2 aromatic heterocycles. The number of aromatic nitrogens is 1. The standard InChI is InChI=1S/C33H34N6O3/c1-20(2)39-19-22-16-24(38-14-12-37(3)13-15-38)9-11-26(22)35-31(39)30-25-10-8-23(18-27(25)36-33(30)41)34-32(40)29-17-21-6-4-5-7-28(21)42-29/h4-11,16-18,20,36,41H,12-15,19H2,1-3H3,(H,34,40). The third-order valence-electron chi connectivity index (χ3n) is 8.30. The van der Waals surface area contributed by atoms with E-state index in [9.17, 15) is 9.90 Å². The molecule has 0 radical (unpaired) electrons. The van der Waals surface area contributed by atoms with Crippen molar-refractivity contribution < 1.29 is 14.3 Å². The van der Waals surface area contributed by atoms with E-state index in [0.29, 0.717) is 28.9 Å². The van der Waals surface area contributed by atoms with Crippen LogP contribution in [0.25, 0.3) is 21.9 Å². The Morgan fingerprint density at radius 3 is 2.62 bits per heavy atom. The van der Waals surface area contributed by atoms with Crippen LogP contribution in [0, 0.1) is 0 Å². The third kappa shape index (κ3) is 4.65. The maximum Gasteiger partial charge on any atom is 0.291 e. The molecule has 214 valence electrons. The number of carbonyl (C=O) groups is 1. The number of aliphatic imine (C=N–C) groups is 1. The van der Waals surface area contributed by atoms with Gasteiger partial charge in [0, 0.05) is 60.9 Å². The van der Waals surface area contributed by atoms with E-state index < -0.39 is 0 Å². The lowest BCUT2D eigenvalue weighted by molar-refractivity contribution is 0.0998. The van der Waals surface area contributed by atoms with Crippen molar-refractivity contribution in [3.05, 3.63) is 83.6 Å². The topological polar surface area (TPSA) is 100 Å². The number of carbonyl (C=O) groups excluding carboxylic acids is 1. The summed E-state index contributed by atoms with van der Waals surface area (Å²) >= 11 is 0. The first kappa shape index (κ1) is 26.2. The number of aromatic hydroxyl groups is 1. The van der Waals surface area contributed by atoms with Crippen LogP contribution in [-0.4, -0.2) is 70.9 Å². The molecule has 42 heavy (non-hydrogen) atoms. The monoisotopic (exact) mass is 562 g/mol. The molecule has 5 aromatic rings. The Balaban J connectivity index is 1.19. The van der Waals surface area contributed by atoms with E-state index in [1.165, 1.54) is 11.3 Å². The Bertz CT molecular complexity index is 1810. The van der Waals surface area contributed by atoms with E-state index in [1.807, 2.05) is 42.5 Å². The van der Waals surface area contributed by atoms with Crippen LogP contribution in [0.5, 0.6) is 5.88 Å². The van der Waals surface area contributed by atoms with Gasteiger partial charge >= 0.3 is 0 Å². The normalized spacial score (nSPS) is 15.9. The van der Waals surface area contributed by atoms with Gasteiger partial charge in [-0.05, 0) is 75.0 Å². The van der Waals surface area contributed by atoms with Crippen molar-refractivity contribution in [2.75, 3.05) is 43.4 Å². The molecule has 1 amide bonds. The highest BCUT2D eigenvalue weighted by molar-refractivity contribution is 6.14. The molecule has 3 N–H and O–H groups in total. The molecule has 1 saturated heterocycles. The van der Waals surface area contributed by atoms with Gasteiger partial charge in [-0.3, -0.25) is 4.79 Å². The summed E-state index contributed by atoms with van der Waals surface area (Å²) in [5, 5.41) is 15.7. The Morgan fingerprint density at radius 1 is 1.02 bits per heavy atom. The average molecular weight is 563 g/mol. The number of fused-ring (bicyclic) bond motifs is 3. The van der Waals surface area contributed by atoms with Gasteiger partial charge in [-0.1, -0.05) is 18.2 Å². The van der Waals surface area contributed by atoms with Crippen molar-refractivity contribution >= 4 is 50.7 Å². The van der Waals surface area contributed by atoms with Crippen molar-refractivity contribution in [2.24, 2.45) is 4.99 Å². The fraction of sp³-hybridized carbons (Fsp3) is 0.273. The summed E-state index contributed by atoms with van der Waals surface area (Å²) in [6, 6.07) is 21.5. The van der Waals surface area contributed by atoms with Gasteiger partial charge in [-0.15, -0.1) is 0 Å². The van der Waals surface area contributed by atoms with Gasteiger partial charge in [0.2, 0.25) is 5.88 Å². The quantitative estimate of drug-likeness (QED) is 0.246. The number of piperazine rings is 1. The Morgan fingerprint density at radius 2 is 1.83 bits per heavy atom. The van der Waals surface area contributed by atoms with Gasteiger partial charge in [-0.25, -0.2) is 4.99 Å². The van der Waals surface area contributed by atoms with Gasteiger partial charge in [0.25, 0.3) is 5.91 Å². The van der Waals surface area contributed by atoms with Crippen LogP contribution in [0.1, 0.15) is 35.5 Å². The molecule has 0 bridgehead atoms. The molecule has 0 spiro atoms. The highest BCUT2D eigenvalue weighted by atomic mass is 16.3. The molecule has 3 aromatic carbocycles. The summed E-state index contributed by atoms with van der Waals surface area (Å²) in [5.74, 6) is 0.682. The zero-order valence-corrected chi connectivity index (χ0v) is 24.0. The summed E-state index contributed by atoms with van der Waals surface area (Å²) in [6.45, 7) is 9.13. The van der Waals surface area contributed by atoms with Crippen LogP contribution in [0.4, 0.5) is 17.1 Å². The molecule has 0 unspecified atom stereocenters. The molecule has 4 heterocycles. The number of aromatic amines is 1. The summed E-state index contributed by atoms with van der Waals surface area (Å²) in [7, 11) is 2.17. The third-order valence-corrected chi connectivity index (χ3v) is 8.30. The predicted molar refractivity (Wildman–Crippen MR) is 167 cm³/mol. The van der Waals surface area contributed by atoms with Gasteiger partial charge in [-0.2, -0.15) is 0 Å². The molecule has 9 heteroatoms. The number of anilines is 2. The fourth-order valence-corrected chi connectivity index (χ4v) is 5.91. The zero-order valence-electron chi connectivity index (χ0n) is 24.0. The molecule has 0 atom stereocenters. The van der Waals surface area contributed by atoms with E-state index in [1.54, 1.807) is 6.07 Å². The maximum atomic E-state index is 12.9. The Hall–Kier alpha value is -4.76. The van der Waals surface area contributed by atoms with Gasteiger partial charge in [0.15, 0.2) is 5.76 Å². The number of hydrogen-bond donors (Lipinski definition) is 3. The van der Waals surface area contributed by atoms with Crippen molar-refractivity contribution in [3.63, 3.8) is 0 Å². The molecule has 7 rings (SSSR count). The van der Waals surface area contributed by atoms with Crippen LogP contribution in [0.2, 0.25) is 0 Å². The molecule has 1 fully saturated rings. The van der Waals surface area contributed by atoms with Gasteiger partial charge in [0.1, 0.15) is 11.4 Å². The number of rotatable bonds is 5. The van der Waals surface area contributed by atoms with Crippen molar-refractivity contribution in [1.29, 1.82) is 0 Å². The molecule has 2 aliphatic rings. The largest absolute Gasteiger partial charge is 0.494 e. The Labute approximate surface area is 244 Å². The number of nitrogens with one attached hydrogen (secondary N) is 2. The first-order chi connectivity index (χ1) is 20.3. The second-order valence-electron chi connectivity index (χ2n) is 11.5. The molecule has 9 nitrogen and oxygen atoms in total. The van der Waals surface area contributed by atoms with Crippen molar-refractivity contribution in [3.8, 4) is 5.88 Å². The van der Waals surface area contributed by atoms with Crippen LogP contribution < -0.4 is 10.2 Å². The number of para-hydroxylation sites is 1. The second-order valence-corrected chi connectivity index (χ2v) is 11.5. The molecular weight excluding hydrogens is 528 g/mol. The van der Waals surface area contributed by atoms with E-state index in [2.05, 4.69) is 64.1 Å². The molecule has 0 aliphatic carbocycles. The maximum absolute atomic E-state index is 12.9. The highest BCUT2D eigenvalue weighted by Crippen LogP contribution is 2.37. The lowest BCUT2D eigenvalue weighted by Gasteiger charge is -2.36. The summed E-state index contributed by atoms with van der Waals surface area (Å²) in [5.41, 5.74) is 5.94. The van der Waals surface area contributed by atoms with Crippen LogP contribution in [0.3, 0.4) is 0 Å². The lowest BCUT2D eigenvalue weighted by Crippen LogP contribution is -2.44. The summed E-state index contributed by atoms with van der Waals surface area (Å²) < 4.78 is 5.72. The number of benzene rings is 3. The fourth-order valence-electron chi connectivity index (χ4n) is 5.91. The van der Waals surface area contributed by atoms with E-state index in [4.69, 9.17) is 9.41 Å². The number of likely N-dealkylation sites (N-methyl/N-ethyl adjacent to an activating group) is 1. The van der Waals surface area contributed by atoms with E-state index in [0.717, 1.165) is 48.5 Å². The molecule has 2 aliphatic heterocycles. The first-order valence-electron chi connectivity index (χ1n) is 14.4. The van der Waals surface area contributed by atoms with Gasteiger partial charge in [0.05, 0.1) is 16.8 Å². The van der Waals surface area contributed by atoms with Crippen LogP contribution in [0.15, 0.2) is 76.1 Å². The first-order valence-corrected chi connectivity index (χ1v) is 14.4. The Kier molecular flexibility index (Phi) is 6.39. The summed E-state index contributed by atoms with van der Waals surface area (Å²) in [6.07, 6.45) is 0. The number of H-pyrrole nitrogens is 1. The number of furan rings is 1. The SMILES string of the molecule is CC(C)N1Cc2cc(N3CCN(C)CC3)ccc2N=C1c1c(O)[nH]c2cc(NC(=O)c3cc4ccccc4o3)ccc12. The predicted octanol–water partition coefficient (Wildman–Crippen LogP) is 5.93. The van der Waals surface area contributed by atoms with Crippen molar-refractivity contribution in [2.45, 2.75) is 26.4 Å².